The Balaban J connectivity index is 2.09. The van der Waals surface area contributed by atoms with Crippen molar-refractivity contribution in [3.05, 3.63) is 29.8 Å². The Labute approximate surface area is 104 Å². The van der Waals surface area contributed by atoms with E-state index in [1.807, 2.05) is 0 Å². The van der Waals surface area contributed by atoms with Crippen LogP contribution < -0.4 is 10.0 Å². The SMILES string of the molecule is O=S(=O)(NCC1CCCN1)c1cc(F)cc(F)c1. The highest BCUT2D eigenvalue weighted by Gasteiger charge is 2.20. The van der Waals surface area contributed by atoms with Crippen molar-refractivity contribution in [3.63, 3.8) is 0 Å². The number of hydrogen-bond acceptors (Lipinski definition) is 3. The van der Waals surface area contributed by atoms with E-state index in [-0.39, 0.29) is 12.6 Å². The van der Waals surface area contributed by atoms with Gasteiger partial charge in [0.15, 0.2) is 0 Å². The topological polar surface area (TPSA) is 58.2 Å². The normalized spacial score (nSPS) is 20.2. The van der Waals surface area contributed by atoms with Crippen molar-refractivity contribution in [1.29, 1.82) is 0 Å². The van der Waals surface area contributed by atoms with Crippen LogP contribution in [-0.2, 0) is 10.0 Å². The predicted molar refractivity (Wildman–Crippen MR) is 62.6 cm³/mol. The molecule has 1 saturated heterocycles. The smallest absolute Gasteiger partial charge is 0.240 e. The van der Waals surface area contributed by atoms with Crippen LogP contribution in [0.1, 0.15) is 12.8 Å². The summed E-state index contributed by atoms with van der Waals surface area (Å²) in [5.41, 5.74) is 0. The Morgan fingerprint density at radius 1 is 1.28 bits per heavy atom. The Hall–Kier alpha value is -1.05. The molecule has 1 heterocycles. The van der Waals surface area contributed by atoms with Gasteiger partial charge in [-0.05, 0) is 31.5 Å². The summed E-state index contributed by atoms with van der Waals surface area (Å²) in [7, 11) is -3.86. The molecule has 2 rings (SSSR count). The van der Waals surface area contributed by atoms with Gasteiger partial charge in [-0.2, -0.15) is 0 Å². The first-order valence-corrected chi connectivity index (χ1v) is 7.15. The molecule has 18 heavy (non-hydrogen) atoms. The van der Waals surface area contributed by atoms with Crippen molar-refractivity contribution in [2.45, 2.75) is 23.8 Å². The van der Waals surface area contributed by atoms with Gasteiger partial charge in [0, 0.05) is 18.7 Å². The average molecular weight is 276 g/mol. The third-order valence-corrected chi connectivity index (χ3v) is 4.23. The maximum atomic E-state index is 13.0. The molecule has 0 radical (unpaired) electrons. The third-order valence-electron chi connectivity index (χ3n) is 2.83. The van der Waals surface area contributed by atoms with Crippen molar-refractivity contribution >= 4 is 10.0 Å². The molecular formula is C11H14F2N2O2S. The van der Waals surface area contributed by atoms with Crippen LogP contribution in [0.15, 0.2) is 23.1 Å². The quantitative estimate of drug-likeness (QED) is 0.862. The molecular weight excluding hydrogens is 262 g/mol. The van der Waals surface area contributed by atoms with Crippen molar-refractivity contribution in [2.75, 3.05) is 13.1 Å². The van der Waals surface area contributed by atoms with Gasteiger partial charge in [-0.3, -0.25) is 0 Å². The zero-order valence-electron chi connectivity index (χ0n) is 9.62. The summed E-state index contributed by atoms with van der Waals surface area (Å²) >= 11 is 0. The fraction of sp³-hybridized carbons (Fsp3) is 0.455. The van der Waals surface area contributed by atoms with E-state index in [1.54, 1.807) is 0 Å². The molecule has 1 aromatic rings. The highest BCUT2D eigenvalue weighted by atomic mass is 32.2. The lowest BCUT2D eigenvalue weighted by Gasteiger charge is -2.12. The minimum atomic E-state index is -3.86. The molecule has 1 aliphatic rings. The molecule has 0 aromatic heterocycles. The minimum absolute atomic E-state index is 0.0816. The van der Waals surface area contributed by atoms with Crippen LogP contribution in [0, 0.1) is 11.6 Å². The van der Waals surface area contributed by atoms with Crippen molar-refractivity contribution in [2.24, 2.45) is 0 Å². The summed E-state index contributed by atoms with van der Waals surface area (Å²) in [6, 6.07) is 2.32. The lowest BCUT2D eigenvalue weighted by atomic mass is 10.2. The van der Waals surface area contributed by atoms with Gasteiger partial charge in [0.1, 0.15) is 11.6 Å². The zero-order chi connectivity index (χ0) is 13.2. The van der Waals surface area contributed by atoms with Gasteiger partial charge in [0.05, 0.1) is 4.90 Å². The molecule has 2 N–H and O–H groups in total. The number of benzene rings is 1. The zero-order valence-corrected chi connectivity index (χ0v) is 10.4. The number of nitrogens with one attached hydrogen (secondary N) is 2. The Bertz CT molecular complexity index is 508. The van der Waals surface area contributed by atoms with E-state index < -0.39 is 26.6 Å². The van der Waals surface area contributed by atoms with E-state index in [4.69, 9.17) is 0 Å². The Morgan fingerprint density at radius 3 is 2.50 bits per heavy atom. The molecule has 4 nitrogen and oxygen atoms in total. The molecule has 100 valence electrons. The minimum Gasteiger partial charge on any atom is -0.313 e. The highest BCUT2D eigenvalue weighted by molar-refractivity contribution is 7.89. The third kappa shape index (κ3) is 3.24. The summed E-state index contributed by atoms with van der Waals surface area (Å²) in [5.74, 6) is -1.82. The van der Waals surface area contributed by atoms with Gasteiger partial charge in [0.25, 0.3) is 0 Å². The van der Waals surface area contributed by atoms with Gasteiger partial charge < -0.3 is 5.32 Å². The van der Waals surface area contributed by atoms with Crippen molar-refractivity contribution < 1.29 is 17.2 Å². The first-order valence-electron chi connectivity index (χ1n) is 5.66. The second-order valence-corrected chi connectivity index (χ2v) is 6.02. The molecule has 0 amide bonds. The molecule has 0 bridgehead atoms. The maximum Gasteiger partial charge on any atom is 0.240 e. The van der Waals surface area contributed by atoms with Gasteiger partial charge in [-0.1, -0.05) is 0 Å². The fourth-order valence-corrected chi connectivity index (χ4v) is 3.03. The number of sulfonamides is 1. The van der Waals surface area contributed by atoms with Gasteiger partial charge >= 0.3 is 0 Å². The van der Waals surface area contributed by atoms with Crippen LogP contribution in [0.3, 0.4) is 0 Å². The van der Waals surface area contributed by atoms with Gasteiger partial charge in [-0.15, -0.1) is 0 Å². The molecule has 1 unspecified atom stereocenters. The molecule has 1 fully saturated rings. The van der Waals surface area contributed by atoms with E-state index in [9.17, 15) is 17.2 Å². The van der Waals surface area contributed by atoms with E-state index in [1.165, 1.54) is 0 Å². The fourth-order valence-electron chi connectivity index (χ4n) is 1.91. The van der Waals surface area contributed by atoms with Crippen LogP contribution in [-0.4, -0.2) is 27.5 Å². The number of hydrogen-bond donors (Lipinski definition) is 2. The summed E-state index contributed by atoms with van der Waals surface area (Å²) in [4.78, 5) is -0.391. The summed E-state index contributed by atoms with van der Waals surface area (Å²) < 4.78 is 51.9. The monoisotopic (exact) mass is 276 g/mol. The maximum absolute atomic E-state index is 13.0. The van der Waals surface area contributed by atoms with Crippen molar-refractivity contribution in [1.82, 2.24) is 10.0 Å². The van der Waals surface area contributed by atoms with Crippen LogP contribution >= 0.6 is 0 Å². The molecule has 1 atom stereocenters. The first kappa shape index (κ1) is 13.4. The molecule has 0 spiro atoms. The first-order chi connectivity index (χ1) is 8.47. The summed E-state index contributed by atoms with van der Waals surface area (Å²) in [6.45, 7) is 1.08. The van der Waals surface area contributed by atoms with E-state index in [2.05, 4.69) is 10.0 Å². The molecule has 0 aliphatic carbocycles. The number of halogens is 2. The second-order valence-electron chi connectivity index (χ2n) is 4.25. The van der Waals surface area contributed by atoms with Crippen LogP contribution in [0.25, 0.3) is 0 Å². The van der Waals surface area contributed by atoms with Gasteiger partial charge in [-0.25, -0.2) is 21.9 Å². The largest absolute Gasteiger partial charge is 0.313 e. The Kier molecular flexibility index (Phi) is 3.94. The standard InChI is InChI=1S/C11H14F2N2O2S/c12-8-4-9(13)6-11(5-8)18(16,17)15-7-10-2-1-3-14-10/h4-6,10,14-15H,1-3,7H2. The lowest BCUT2D eigenvalue weighted by molar-refractivity contribution is 0.545. The van der Waals surface area contributed by atoms with E-state index in [0.29, 0.717) is 6.07 Å². The van der Waals surface area contributed by atoms with Crippen LogP contribution in [0.2, 0.25) is 0 Å². The molecule has 1 aromatic carbocycles. The molecule has 7 heteroatoms. The lowest BCUT2D eigenvalue weighted by Crippen LogP contribution is -2.37. The molecule has 1 aliphatic heterocycles. The van der Waals surface area contributed by atoms with E-state index >= 15 is 0 Å². The average Bonchev–Trinajstić information content (AvgIpc) is 2.78. The highest BCUT2D eigenvalue weighted by Crippen LogP contribution is 2.14. The summed E-state index contributed by atoms with van der Waals surface area (Å²) in [5, 5.41) is 3.13. The van der Waals surface area contributed by atoms with Crippen LogP contribution in [0.5, 0.6) is 0 Å². The molecule has 0 saturated carbocycles. The van der Waals surface area contributed by atoms with Crippen LogP contribution in [0.4, 0.5) is 8.78 Å². The predicted octanol–water partition coefficient (Wildman–Crippen LogP) is 0.995. The van der Waals surface area contributed by atoms with Gasteiger partial charge in [0.2, 0.25) is 10.0 Å². The number of rotatable bonds is 4. The second kappa shape index (κ2) is 5.29. The van der Waals surface area contributed by atoms with E-state index in [0.717, 1.165) is 31.5 Å². The van der Waals surface area contributed by atoms with Crippen molar-refractivity contribution in [3.8, 4) is 0 Å². The Morgan fingerprint density at radius 2 is 1.94 bits per heavy atom. The summed E-state index contributed by atoms with van der Waals surface area (Å²) in [6.07, 6.45) is 1.89.